The average molecular weight is 355 g/mol. The average Bonchev–Trinajstić information content (AvgIpc) is 2.74. The van der Waals surface area contributed by atoms with Crippen LogP contribution in [0.3, 0.4) is 0 Å². The van der Waals surface area contributed by atoms with Crippen molar-refractivity contribution in [2.45, 2.75) is 32.8 Å². The second kappa shape index (κ2) is 7.40. The van der Waals surface area contributed by atoms with Crippen LogP contribution in [0.4, 0.5) is 4.79 Å². The predicted molar refractivity (Wildman–Crippen MR) is 91.5 cm³/mol. The van der Waals surface area contributed by atoms with Gasteiger partial charge in [-0.25, -0.2) is 4.79 Å². The molecule has 24 heavy (non-hydrogen) atoms. The maximum Gasteiger partial charge on any atom is 0.327 e. The summed E-state index contributed by atoms with van der Waals surface area (Å²) in [5.74, 6) is 0.555. The van der Waals surface area contributed by atoms with Crippen molar-refractivity contribution in [1.82, 2.24) is 9.80 Å². The minimum Gasteiger partial charge on any atom is -0.491 e. The Morgan fingerprint density at radius 3 is 2.54 bits per heavy atom. The van der Waals surface area contributed by atoms with Crippen molar-refractivity contribution in [1.29, 1.82) is 0 Å². The molecule has 1 unspecified atom stereocenters. The molecular formula is C17H23ClN2O4. The summed E-state index contributed by atoms with van der Waals surface area (Å²) in [5.41, 5.74) is 1.84. The van der Waals surface area contributed by atoms with E-state index in [0.717, 1.165) is 16.0 Å². The van der Waals surface area contributed by atoms with Crippen molar-refractivity contribution in [3.8, 4) is 5.75 Å². The van der Waals surface area contributed by atoms with Crippen LogP contribution in [0.5, 0.6) is 5.75 Å². The van der Waals surface area contributed by atoms with Gasteiger partial charge in [0.05, 0.1) is 6.54 Å². The number of rotatable bonds is 6. The first-order valence-corrected chi connectivity index (χ1v) is 8.24. The molecule has 1 N–H and O–H groups in total. The number of carbonyl (C=O) groups excluding carboxylic acids is 2. The Hall–Kier alpha value is -1.79. The summed E-state index contributed by atoms with van der Waals surface area (Å²) in [7, 11) is 1.55. The number of halogens is 1. The fourth-order valence-corrected chi connectivity index (χ4v) is 2.72. The van der Waals surface area contributed by atoms with Crippen LogP contribution in [-0.4, -0.2) is 59.7 Å². The minimum atomic E-state index is -0.958. The topological polar surface area (TPSA) is 70.1 Å². The van der Waals surface area contributed by atoms with Crippen LogP contribution in [0.15, 0.2) is 12.1 Å². The lowest BCUT2D eigenvalue weighted by Crippen LogP contribution is -2.40. The third-order valence-corrected chi connectivity index (χ3v) is 4.38. The number of amides is 3. The highest BCUT2D eigenvalue weighted by atomic mass is 35.5. The predicted octanol–water partition coefficient (Wildman–Crippen LogP) is 2.41. The number of aliphatic hydroxyl groups is 1. The molecule has 1 heterocycles. The van der Waals surface area contributed by atoms with Gasteiger partial charge in [-0.05, 0) is 36.1 Å². The Morgan fingerprint density at radius 2 is 2.00 bits per heavy atom. The van der Waals surface area contributed by atoms with E-state index in [-0.39, 0.29) is 31.5 Å². The van der Waals surface area contributed by atoms with E-state index in [1.165, 1.54) is 4.90 Å². The van der Waals surface area contributed by atoms with Gasteiger partial charge in [-0.3, -0.25) is 9.69 Å². The molecule has 1 saturated heterocycles. The highest BCUT2D eigenvalue weighted by Gasteiger charge is 2.34. The fourth-order valence-electron chi connectivity index (χ4n) is 2.54. The molecule has 0 saturated carbocycles. The molecule has 0 aromatic heterocycles. The zero-order valence-corrected chi connectivity index (χ0v) is 15.1. The Labute approximate surface area is 146 Å². The zero-order chi connectivity index (χ0) is 18.0. The number of benzene rings is 1. The number of urea groups is 1. The summed E-state index contributed by atoms with van der Waals surface area (Å²) >= 11 is 6.16. The molecule has 1 aromatic carbocycles. The number of carbonyl (C=O) groups is 2. The van der Waals surface area contributed by atoms with Gasteiger partial charge in [0.15, 0.2) is 0 Å². The highest BCUT2D eigenvalue weighted by Crippen LogP contribution is 2.32. The second-order valence-corrected chi connectivity index (χ2v) is 6.81. The van der Waals surface area contributed by atoms with Crippen molar-refractivity contribution in [2.75, 3.05) is 26.7 Å². The monoisotopic (exact) mass is 354 g/mol. The number of aliphatic hydroxyl groups excluding tert-OH is 1. The van der Waals surface area contributed by atoms with Crippen molar-refractivity contribution in [3.63, 3.8) is 0 Å². The van der Waals surface area contributed by atoms with E-state index in [1.807, 2.05) is 32.9 Å². The molecule has 0 spiro atoms. The molecule has 0 aliphatic carbocycles. The number of hydrogen-bond donors (Lipinski definition) is 1. The van der Waals surface area contributed by atoms with Gasteiger partial charge in [0.2, 0.25) is 5.91 Å². The molecule has 6 nitrogen and oxygen atoms in total. The van der Waals surface area contributed by atoms with Crippen LogP contribution in [0.1, 0.15) is 30.9 Å². The molecule has 2 rings (SSSR count). The Balaban J connectivity index is 2.02. The molecule has 1 atom stereocenters. The molecule has 1 aliphatic heterocycles. The van der Waals surface area contributed by atoms with Gasteiger partial charge in [0.1, 0.15) is 25.0 Å². The first kappa shape index (κ1) is 18.5. The first-order valence-electron chi connectivity index (χ1n) is 7.87. The summed E-state index contributed by atoms with van der Waals surface area (Å²) in [6.45, 7) is 5.89. The quantitative estimate of drug-likeness (QED) is 0.796. The maximum atomic E-state index is 11.8. The summed E-state index contributed by atoms with van der Waals surface area (Å²) in [5, 5.41) is 10.8. The third kappa shape index (κ3) is 3.99. The van der Waals surface area contributed by atoms with Crippen LogP contribution in [0, 0.1) is 6.92 Å². The van der Waals surface area contributed by atoms with Gasteiger partial charge >= 0.3 is 6.03 Å². The van der Waals surface area contributed by atoms with E-state index in [2.05, 4.69) is 0 Å². The normalized spacial score (nSPS) is 16.3. The maximum absolute atomic E-state index is 11.8. The minimum absolute atomic E-state index is 0.0123. The first-order chi connectivity index (χ1) is 11.2. The summed E-state index contributed by atoms with van der Waals surface area (Å²) in [6, 6.07) is 3.31. The van der Waals surface area contributed by atoms with Gasteiger partial charge in [0.25, 0.3) is 0 Å². The van der Waals surface area contributed by atoms with E-state index in [9.17, 15) is 14.7 Å². The van der Waals surface area contributed by atoms with Gasteiger partial charge in [-0.1, -0.05) is 25.4 Å². The number of aryl methyl sites for hydroxylation is 1. The summed E-state index contributed by atoms with van der Waals surface area (Å²) < 4.78 is 5.73. The van der Waals surface area contributed by atoms with Crippen LogP contribution < -0.4 is 4.74 Å². The molecule has 1 fully saturated rings. The molecular weight excluding hydrogens is 332 g/mol. The second-order valence-electron chi connectivity index (χ2n) is 6.40. The molecule has 7 heteroatoms. The van der Waals surface area contributed by atoms with Crippen molar-refractivity contribution in [3.05, 3.63) is 28.3 Å². The lowest BCUT2D eigenvalue weighted by Gasteiger charge is -2.21. The largest absolute Gasteiger partial charge is 0.491 e. The summed E-state index contributed by atoms with van der Waals surface area (Å²) in [6.07, 6.45) is -0.958. The van der Waals surface area contributed by atoms with Crippen molar-refractivity contribution < 1.29 is 19.4 Å². The SMILES string of the molecule is Cc1cc(OCC(O)CN2C(=O)CN(C)C2=O)c(C(C)C)cc1Cl. The number of nitrogens with zero attached hydrogens (tertiary/aromatic N) is 2. The van der Waals surface area contributed by atoms with Crippen LogP contribution in [-0.2, 0) is 4.79 Å². The molecule has 0 radical (unpaired) electrons. The molecule has 3 amide bonds. The molecule has 0 bridgehead atoms. The lowest BCUT2D eigenvalue weighted by atomic mass is 10.0. The van der Waals surface area contributed by atoms with E-state index in [1.54, 1.807) is 7.05 Å². The smallest absolute Gasteiger partial charge is 0.327 e. The standard InChI is InChI=1S/C17H23ClN2O4/c1-10(2)13-6-14(18)11(3)5-15(13)24-9-12(21)7-20-16(22)8-19(4)17(20)23/h5-6,10,12,21H,7-9H2,1-4H3. The van der Waals surface area contributed by atoms with Gasteiger partial charge in [0, 0.05) is 12.1 Å². The Morgan fingerprint density at radius 1 is 1.33 bits per heavy atom. The highest BCUT2D eigenvalue weighted by molar-refractivity contribution is 6.31. The lowest BCUT2D eigenvalue weighted by molar-refractivity contribution is -0.126. The van der Waals surface area contributed by atoms with Crippen LogP contribution in [0.2, 0.25) is 5.02 Å². The van der Waals surface area contributed by atoms with Gasteiger partial charge in [-0.2, -0.15) is 0 Å². The fraction of sp³-hybridized carbons (Fsp3) is 0.529. The molecule has 132 valence electrons. The van der Waals surface area contributed by atoms with Crippen molar-refractivity contribution >= 4 is 23.5 Å². The number of imide groups is 1. The Bertz CT molecular complexity index is 648. The van der Waals surface area contributed by atoms with Crippen molar-refractivity contribution in [2.24, 2.45) is 0 Å². The number of β-amino-alcohol motifs (C(OH)–C–C–N with tert-alkyl or cyclic N) is 1. The van der Waals surface area contributed by atoms with E-state index in [0.29, 0.717) is 10.8 Å². The van der Waals surface area contributed by atoms with E-state index < -0.39 is 12.1 Å². The van der Waals surface area contributed by atoms with Crippen LogP contribution >= 0.6 is 11.6 Å². The van der Waals surface area contributed by atoms with Gasteiger partial charge < -0.3 is 14.7 Å². The number of ether oxygens (including phenoxy) is 1. The molecule has 1 aliphatic rings. The number of hydrogen-bond acceptors (Lipinski definition) is 4. The van der Waals surface area contributed by atoms with E-state index in [4.69, 9.17) is 16.3 Å². The summed E-state index contributed by atoms with van der Waals surface area (Å²) in [4.78, 5) is 25.9. The Kier molecular flexibility index (Phi) is 5.72. The van der Waals surface area contributed by atoms with Crippen LogP contribution in [0.25, 0.3) is 0 Å². The third-order valence-electron chi connectivity index (χ3n) is 3.97. The molecule has 1 aromatic rings. The zero-order valence-electron chi connectivity index (χ0n) is 14.4. The van der Waals surface area contributed by atoms with E-state index >= 15 is 0 Å². The number of likely N-dealkylation sites (N-methyl/N-ethyl adjacent to an activating group) is 1. The van der Waals surface area contributed by atoms with Gasteiger partial charge in [-0.15, -0.1) is 0 Å².